The normalized spacial score (nSPS) is 19.4. The number of nitrogens with one attached hydrogen (secondary N) is 1. The van der Waals surface area contributed by atoms with Gasteiger partial charge in [0.1, 0.15) is 17.6 Å². The molecule has 0 radical (unpaired) electrons. The van der Waals surface area contributed by atoms with Crippen LogP contribution in [0.5, 0.6) is 0 Å². The van der Waals surface area contributed by atoms with E-state index in [1.54, 1.807) is 49.8 Å². The number of hydrogen-bond donors (Lipinski definition) is 1. The van der Waals surface area contributed by atoms with Crippen molar-refractivity contribution in [3.8, 4) is 0 Å². The molecule has 1 aliphatic rings. The molecule has 2 aromatic rings. The molecule has 1 aromatic carbocycles. The van der Waals surface area contributed by atoms with Gasteiger partial charge in [0, 0.05) is 32.5 Å². The molecule has 0 amide bonds. The molecule has 0 aliphatic carbocycles. The van der Waals surface area contributed by atoms with Gasteiger partial charge in [0.25, 0.3) is 0 Å². The number of nitrogens with zero attached hydrogens (tertiary/aromatic N) is 3. The SMILES string of the molecule is CNc1nccnc1[C@@H]1CN(S(=O)(=O)c2ccccc2)CCO1. The molecule has 1 atom stereocenters. The summed E-state index contributed by atoms with van der Waals surface area (Å²) in [5.74, 6) is 0.594. The number of benzene rings is 1. The van der Waals surface area contributed by atoms with Crippen LogP contribution >= 0.6 is 0 Å². The third-order valence-electron chi connectivity index (χ3n) is 3.68. The first-order valence-electron chi connectivity index (χ1n) is 7.28. The molecule has 3 rings (SSSR count). The van der Waals surface area contributed by atoms with Gasteiger partial charge in [-0.2, -0.15) is 4.31 Å². The average Bonchev–Trinajstić information content (AvgIpc) is 2.62. The highest BCUT2D eigenvalue weighted by molar-refractivity contribution is 7.89. The Balaban J connectivity index is 1.87. The fraction of sp³-hybridized carbons (Fsp3) is 0.333. The summed E-state index contributed by atoms with van der Waals surface area (Å²) in [6.45, 7) is 0.851. The lowest BCUT2D eigenvalue weighted by Crippen LogP contribution is -2.42. The van der Waals surface area contributed by atoms with E-state index in [-0.39, 0.29) is 11.4 Å². The number of morpholine rings is 1. The Morgan fingerprint density at radius 3 is 2.70 bits per heavy atom. The van der Waals surface area contributed by atoms with Crippen LogP contribution in [0.15, 0.2) is 47.6 Å². The Hall–Kier alpha value is -2.03. The Labute approximate surface area is 135 Å². The van der Waals surface area contributed by atoms with Crippen molar-refractivity contribution in [2.45, 2.75) is 11.0 Å². The number of rotatable bonds is 4. The van der Waals surface area contributed by atoms with E-state index in [1.807, 2.05) is 0 Å². The predicted molar refractivity (Wildman–Crippen MR) is 85.5 cm³/mol. The molecule has 0 bridgehead atoms. The molecule has 1 aromatic heterocycles. The fourth-order valence-corrected chi connectivity index (χ4v) is 3.97. The highest BCUT2D eigenvalue weighted by atomic mass is 32.2. The molecular formula is C15H18N4O3S. The van der Waals surface area contributed by atoms with E-state index >= 15 is 0 Å². The molecule has 1 aliphatic heterocycles. The summed E-state index contributed by atoms with van der Waals surface area (Å²) in [6.07, 6.45) is 2.71. The quantitative estimate of drug-likeness (QED) is 0.907. The van der Waals surface area contributed by atoms with Crippen molar-refractivity contribution in [2.24, 2.45) is 0 Å². The molecule has 8 heteroatoms. The zero-order chi connectivity index (χ0) is 16.3. The van der Waals surface area contributed by atoms with Crippen molar-refractivity contribution in [1.82, 2.24) is 14.3 Å². The minimum absolute atomic E-state index is 0.213. The summed E-state index contributed by atoms with van der Waals surface area (Å²) in [7, 11) is -1.79. The van der Waals surface area contributed by atoms with Gasteiger partial charge >= 0.3 is 0 Å². The number of sulfonamides is 1. The summed E-state index contributed by atoms with van der Waals surface area (Å²) in [6, 6.07) is 8.42. The highest BCUT2D eigenvalue weighted by Crippen LogP contribution is 2.28. The molecule has 7 nitrogen and oxygen atoms in total. The topological polar surface area (TPSA) is 84.4 Å². The Morgan fingerprint density at radius 1 is 1.22 bits per heavy atom. The molecule has 0 saturated carbocycles. The van der Waals surface area contributed by atoms with E-state index in [1.165, 1.54) is 4.31 Å². The molecule has 1 saturated heterocycles. The van der Waals surface area contributed by atoms with Crippen molar-refractivity contribution in [3.63, 3.8) is 0 Å². The monoisotopic (exact) mass is 334 g/mol. The summed E-state index contributed by atoms with van der Waals surface area (Å²) in [5.41, 5.74) is 0.614. The maximum Gasteiger partial charge on any atom is 0.243 e. The van der Waals surface area contributed by atoms with E-state index in [2.05, 4.69) is 15.3 Å². The second-order valence-electron chi connectivity index (χ2n) is 5.08. The van der Waals surface area contributed by atoms with Crippen LogP contribution in [0.4, 0.5) is 5.82 Å². The maximum absolute atomic E-state index is 12.7. The second kappa shape index (κ2) is 6.61. The Kier molecular flexibility index (Phi) is 4.56. The van der Waals surface area contributed by atoms with Crippen LogP contribution in [-0.4, -0.2) is 49.4 Å². The predicted octanol–water partition coefficient (Wildman–Crippen LogP) is 1.28. The van der Waals surface area contributed by atoms with Gasteiger partial charge in [0.2, 0.25) is 10.0 Å². The van der Waals surface area contributed by atoms with Crippen molar-refractivity contribution in [3.05, 3.63) is 48.4 Å². The van der Waals surface area contributed by atoms with Gasteiger partial charge in [0.15, 0.2) is 0 Å². The van der Waals surface area contributed by atoms with E-state index in [9.17, 15) is 8.42 Å². The molecule has 1 N–H and O–H groups in total. The minimum Gasteiger partial charge on any atom is -0.372 e. The van der Waals surface area contributed by atoms with E-state index in [0.29, 0.717) is 24.7 Å². The number of ether oxygens (including phenoxy) is 1. The van der Waals surface area contributed by atoms with Crippen molar-refractivity contribution >= 4 is 15.8 Å². The van der Waals surface area contributed by atoms with Gasteiger partial charge < -0.3 is 10.1 Å². The third kappa shape index (κ3) is 3.19. The standard InChI is InChI=1S/C15H18N4O3S/c1-16-15-14(17-7-8-18-15)13-11-19(9-10-22-13)23(20,21)12-5-3-2-4-6-12/h2-8,13H,9-11H2,1H3,(H,16,18)/t13-/m0/s1. The molecule has 0 unspecified atom stereocenters. The van der Waals surface area contributed by atoms with Crippen LogP contribution in [0.1, 0.15) is 11.8 Å². The van der Waals surface area contributed by atoms with Crippen molar-refractivity contribution < 1.29 is 13.2 Å². The molecule has 122 valence electrons. The Bertz CT molecular complexity index is 767. The highest BCUT2D eigenvalue weighted by Gasteiger charge is 2.33. The van der Waals surface area contributed by atoms with Crippen LogP contribution in [0, 0.1) is 0 Å². The van der Waals surface area contributed by atoms with Gasteiger partial charge in [-0.25, -0.2) is 13.4 Å². The first-order chi connectivity index (χ1) is 11.1. The molecular weight excluding hydrogens is 316 g/mol. The molecule has 2 heterocycles. The van der Waals surface area contributed by atoms with Gasteiger partial charge in [-0.3, -0.25) is 4.98 Å². The van der Waals surface area contributed by atoms with Crippen LogP contribution in [0.2, 0.25) is 0 Å². The van der Waals surface area contributed by atoms with E-state index in [4.69, 9.17) is 4.74 Å². The van der Waals surface area contributed by atoms with Gasteiger partial charge in [-0.1, -0.05) is 18.2 Å². The lowest BCUT2D eigenvalue weighted by Gasteiger charge is -2.32. The second-order valence-corrected chi connectivity index (χ2v) is 7.01. The largest absolute Gasteiger partial charge is 0.372 e. The smallest absolute Gasteiger partial charge is 0.243 e. The molecule has 23 heavy (non-hydrogen) atoms. The Morgan fingerprint density at radius 2 is 1.96 bits per heavy atom. The molecule has 0 spiro atoms. The van der Waals surface area contributed by atoms with Crippen molar-refractivity contribution in [1.29, 1.82) is 0 Å². The van der Waals surface area contributed by atoms with Gasteiger partial charge in [-0.15, -0.1) is 0 Å². The van der Waals surface area contributed by atoms with Gasteiger partial charge in [0.05, 0.1) is 11.5 Å². The zero-order valence-electron chi connectivity index (χ0n) is 12.7. The summed E-state index contributed by atoms with van der Waals surface area (Å²) in [4.78, 5) is 8.77. The third-order valence-corrected chi connectivity index (χ3v) is 5.56. The number of hydrogen-bond acceptors (Lipinski definition) is 6. The zero-order valence-corrected chi connectivity index (χ0v) is 13.5. The number of aromatic nitrogens is 2. The van der Waals surface area contributed by atoms with E-state index < -0.39 is 16.1 Å². The summed E-state index contributed by atoms with van der Waals surface area (Å²) in [5, 5.41) is 2.96. The maximum atomic E-state index is 12.7. The van der Waals surface area contributed by atoms with Crippen LogP contribution in [0.25, 0.3) is 0 Å². The van der Waals surface area contributed by atoms with Gasteiger partial charge in [-0.05, 0) is 12.1 Å². The fourth-order valence-electron chi connectivity index (χ4n) is 2.53. The number of anilines is 1. The van der Waals surface area contributed by atoms with Crippen molar-refractivity contribution in [2.75, 3.05) is 32.1 Å². The lowest BCUT2D eigenvalue weighted by atomic mass is 10.2. The first-order valence-corrected chi connectivity index (χ1v) is 8.72. The van der Waals surface area contributed by atoms with Crippen LogP contribution in [-0.2, 0) is 14.8 Å². The lowest BCUT2D eigenvalue weighted by molar-refractivity contribution is -0.00468. The minimum atomic E-state index is -3.54. The van der Waals surface area contributed by atoms with E-state index in [0.717, 1.165) is 0 Å². The van der Waals surface area contributed by atoms with Crippen LogP contribution < -0.4 is 5.32 Å². The first kappa shape index (κ1) is 15.9. The average molecular weight is 334 g/mol. The summed E-state index contributed by atoms with van der Waals surface area (Å²) < 4.78 is 32.6. The molecule has 1 fully saturated rings. The van der Waals surface area contributed by atoms with Crippen LogP contribution in [0.3, 0.4) is 0 Å². The summed E-state index contributed by atoms with van der Waals surface area (Å²) >= 11 is 0.